The van der Waals surface area contributed by atoms with E-state index in [0.717, 1.165) is 12.8 Å². The summed E-state index contributed by atoms with van der Waals surface area (Å²) >= 11 is 0. The van der Waals surface area contributed by atoms with Gasteiger partial charge in [0.05, 0.1) is 6.54 Å². The number of hydrogen-bond acceptors (Lipinski definition) is 2. The second kappa shape index (κ2) is 7.26. The van der Waals surface area contributed by atoms with Gasteiger partial charge in [0, 0.05) is 0 Å². The van der Waals surface area contributed by atoms with Crippen LogP contribution in [0.1, 0.15) is 46.5 Å². The number of hydrogen-bond donors (Lipinski definition) is 0. The van der Waals surface area contributed by atoms with Crippen LogP contribution >= 0.6 is 0 Å². The topological polar surface area (TPSA) is 29.4 Å². The summed E-state index contributed by atoms with van der Waals surface area (Å²) in [6, 6.07) is 0. The third-order valence-electron chi connectivity index (χ3n) is 2.68. The Morgan fingerprint density at radius 2 is 1.67 bits per heavy atom. The Morgan fingerprint density at radius 1 is 1.08 bits per heavy atom. The predicted octanol–water partition coefficient (Wildman–Crippen LogP) is 3.61. The summed E-state index contributed by atoms with van der Waals surface area (Å²) in [7, 11) is 0. The zero-order valence-corrected chi connectivity index (χ0v) is 8.55. The van der Waals surface area contributed by atoms with Crippen molar-refractivity contribution < 1.29 is 0 Å². The fourth-order valence-corrected chi connectivity index (χ4v) is 1.90. The highest BCUT2D eigenvalue weighted by molar-refractivity contribution is 4.69. The van der Waals surface area contributed by atoms with E-state index in [9.17, 15) is 4.91 Å². The fourth-order valence-electron chi connectivity index (χ4n) is 1.90. The molecule has 0 fully saturated rings. The molecule has 0 N–H and O–H groups in total. The molecule has 2 heteroatoms. The standard InChI is InChI=1S/C10H21NO/c1-4-7-10(8-11-12)9(5-2)6-3/h9-10H,4-8H2,1-3H3. The van der Waals surface area contributed by atoms with Crippen molar-refractivity contribution in [1.29, 1.82) is 0 Å². The van der Waals surface area contributed by atoms with Gasteiger partial charge >= 0.3 is 0 Å². The minimum absolute atomic E-state index is 0.514. The number of rotatable bonds is 7. The minimum atomic E-state index is 0.514. The summed E-state index contributed by atoms with van der Waals surface area (Å²) < 4.78 is 0. The van der Waals surface area contributed by atoms with Gasteiger partial charge in [0.15, 0.2) is 0 Å². The molecule has 72 valence electrons. The van der Waals surface area contributed by atoms with Gasteiger partial charge in [-0.15, -0.1) is 0 Å². The lowest BCUT2D eigenvalue weighted by Crippen LogP contribution is -2.16. The molecule has 1 unspecified atom stereocenters. The average Bonchev–Trinajstić information content (AvgIpc) is 2.07. The van der Waals surface area contributed by atoms with Gasteiger partial charge in [-0.3, -0.25) is 0 Å². The lowest BCUT2D eigenvalue weighted by Gasteiger charge is -2.21. The Hall–Kier alpha value is -0.400. The molecule has 0 saturated heterocycles. The second-order valence-corrected chi connectivity index (χ2v) is 3.44. The maximum absolute atomic E-state index is 10.2. The van der Waals surface area contributed by atoms with Gasteiger partial charge in [0.2, 0.25) is 0 Å². The average molecular weight is 171 g/mol. The first-order chi connectivity index (χ1) is 5.79. The van der Waals surface area contributed by atoms with E-state index >= 15 is 0 Å². The molecule has 0 aromatic carbocycles. The highest BCUT2D eigenvalue weighted by Crippen LogP contribution is 2.24. The van der Waals surface area contributed by atoms with Gasteiger partial charge in [-0.2, -0.15) is 4.91 Å². The van der Waals surface area contributed by atoms with Crippen molar-refractivity contribution in [2.45, 2.75) is 46.5 Å². The molecule has 0 aromatic heterocycles. The molecule has 2 nitrogen and oxygen atoms in total. The number of nitroso groups, excluding NO2 is 1. The first-order valence-electron chi connectivity index (χ1n) is 5.09. The van der Waals surface area contributed by atoms with E-state index in [1.54, 1.807) is 0 Å². The van der Waals surface area contributed by atoms with Crippen molar-refractivity contribution in [2.75, 3.05) is 6.54 Å². The zero-order chi connectivity index (χ0) is 9.40. The molecule has 0 aliphatic rings. The monoisotopic (exact) mass is 171 g/mol. The van der Waals surface area contributed by atoms with Gasteiger partial charge in [0.1, 0.15) is 0 Å². The molecule has 0 radical (unpaired) electrons. The molecule has 0 saturated carbocycles. The molecular weight excluding hydrogens is 150 g/mol. The lowest BCUT2D eigenvalue weighted by molar-refractivity contribution is 0.300. The minimum Gasteiger partial charge on any atom is -0.151 e. The molecule has 0 bridgehead atoms. The maximum atomic E-state index is 10.2. The van der Waals surface area contributed by atoms with Crippen LogP contribution in [0.5, 0.6) is 0 Å². The van der Waals surface area contributed by atoms with Crippen LogP contribution in [-0.4, -0.2) is 6.54 Å². The maximum Gasteiger partial charge on any atom is 0.0841 e. The smallest absolute Gasteiger partial charge is 0.0841 e. The zero-order valence-electron chi connectivity index (χ0n) is 8.55. The summed E-state index contributed by atoms with van der Waals surface area (Å²) in [4.78, 5) is 10.2. The molecule has 0 amide bonds. The van der Waals surface area contributed by atoms with Crippen LogP contribution in [-0.2, 0) is 0 Å². The van der Waals surface area contributed by atoms with Crippen LogP contribution in [0.2, 0.25) is 0 Å². The van der Waals surface area contributed by atoms with E-state index in [0.29, 0.717) is 18.4 Å². The molecule has 0 heterocycles. The van der Waals surface area contributed by atoms with Gasteiger partial charge in [-0.25, -0.2) is 0 Å². The molecule has 0 aliphatic carbocycles. The molecule has 12 heavy (non-hydrogen) atoms. The Kier molecular flexibility index (Phi) is 7.02. The first-order valence-corrected chi connectivity index (χ1v) is 5.09. The van der Waals surface area contributed by atoms with Crippen LogP contribution in [0, 0.1) is 16.7 Å². The van der Waals surface area contributed by atoms with Crippen LogP contribution in [0.3, 0.4) is 0 Å². The molecule has 0 aromatic rings. The van der Waals surface area contributed by atoms with E-state index in [2.05, 4.69) is 25.9 Å². The molecule has 0 aliphatic heterocycles. The SMILES string of the molecule is CCCC(CN=O)C(CC)CC. The van der Waals surface area contributed by atoms with Gasteiger partial charge < -0.3 is 0 Å². The quantitative estimate of drug-likeness (QED) is 0.538. The van der Waals surface area contributed by atoms with Crippen molar-refractivity contribution >= 4 is 0 Å². The first kappa shape index (κ1) is 11.6. The molecule has 1 atom stereocenters. The van der Waals surface area contributed by atoms with E-state index in [1.165, 1.54) is 12.8 Å². The Bertz CT molecular complexity index is 110. The van der Waals surface area contributed by atoms with Crippen LogP contribution in [0.25, 0.3) is 0 Å². The fraction of sp³-hybridized carbons (Fsp3) is 1.00. The van der Waals surface area contributed by atoms with Crippen LogP contribution in [0.15, 0.2) is 5.18 Å². The highest BCUT2D eigenvalue weighted by atomic mass is 16.3. The van der Waals surface area contributed by atoms with Crippen molar-refractivity contribution in [3.05, 3.63) is 4.91 Å². The summed E-state index contributed by atoms with van der Waals surface area (Å²) in [5, 5.41) is 3.02. The van der Waals surface area contributed by atoms with Crippen molar-refractivity contribution in [2.24, 2.45) is 17.0 Å². The van der Waals surface area contributed by atoms with Crippen molar-refractivity contribution in [1.82, 2.24) is 0 Å². The predicted molar refractivity (Wildman–Crippen MR) is 53.1 cm³/mol. The third kappa shape index (κ3) is 3.84. The Labute approximate surface area is 75.7 Å². The van der Waals surface area contributed by atoms with Crippen molar-refractivity contribution in [3.63, 3.8) is 0 Å². The van der Waals surface area contributed by atoms with Gasteiger partial charge in [0.25, 0.3) is 0 Å². The van der Waals surface area contributed by atoms with Gasteiger partial charge in [-0.1, -0.05) is 45.2 Å². The highest BCUT2D eigenvalue weighted by Gasteiger charge is 2.17. The summed E-state index contributed by atoms with van der Waals surface area (Å²) in [6.07, 6.45) is 4.67. The molecule has 0 rings (SSSR count). The lowest BCUT2D eigenvalue weighted by atomic mass is 9.85. The van der Waals surface area contributed by atoms with E-state index in [-0.39, 0.29) is 0 Å². The van der Waals surface area contributed by atoms with E-state index < -0.39 is 0 Å². The van der Waals surface area contributed by atoms with Crippen LogP contribution in [0.4, 0.5) is 0 Å². The Morgan fingerprint density at radius 3 is 2.00 bits per heavy atom. The van der Waals surface area contributed by atoms with Crippen LogP contribution < -0.4 is 0 Å². The number of nitrogens with zero attached hydrogens (tertiary/aromatic N) is 1. The second-order valence-electron chi connectivity index (χ2n) is 3.44. The normalized spacial score (nSPS) is 13.3. The third-order valence-corrected chi connectivity index (χ3v) is 2.68. The van der Waals surface area contributed by atoms with E-state index in [1.807, 2.05) is 0 Å². The summed E-state index contributed by atoms with van der Waals surface area (Å²) in [6.45, 7) is 7.07. The summed E-state index contributed by atoms with van der Waals surface area (Å²) in [5.41, 5.74) is 0. The Balaban J connectivity index is 3.94. The van der Waals surface area contributed by atoms with E-state index in [4.69, 9.17) is 0 Å². The summed E-state index contributed by atoms with van der Waals surface area (Å²) in [5.74, 6) is 1.23. The largest absolute Gasteiger partial charge is 0.151 e. The molecule has 0 spiro atoms. The van der Waals surface area contributed by atoms with Gasteiger partial charge in [-0.05, 0) is 18.3 Å². The van der Waals surface area contributed by atoms with Crippen molar-refractivity contribution in [3.8, 4) is 0 Å². The molecular formula is C10H21NO.